The largest absolute Gasteiger partial charge is 0.340 e. The van der Waals surface area contributed by atoms with Crippen LogP contribution in [0, 0.1) is 5.41 Å². The minimum absolute atomic E-state index is 0.0946. The van der Waals surface area contributed by atoms with Gasteiger partial charge in [-0.05, 0) is 36.5 Å². The highest BCUT2D eigenvalue weighted by molar-refractivity contribution is 6.13. The molecule has 0 heterocycles. The van der Waals surface area contributed by atoms with Crippen LogP contribution in [0.3, 0.4) is 0 Å². The fourth-order valence-corrected chi connectivity index (χ4v) is 3.15. The summed E-state index contributed by atoms with van der Waals surface area (Å²) in [6.07, 6.45) is 2.07. The van der Waals surface area contributed by atoms with Gasteiger partial charge in [-0.15, -0.1) is 0 Å². The second-order valence-electron chi connectivity index (χ2n) is 6.69. The van der Waals surface area contributed by atoms with Crippen molar-refractivity contribution in [2.24, 2.45) is 5.41 Å². The first-order chi connectivity index (χ1) is 12.1. The number of aryl methyl sites for hydroxylation is 1. The van der Waals surface area contributed by atoms with E-state index in [0.717, 1.165) is 23.2 Å². The van der Waals surface area contributed by atoms with Crippen molar-refractivity contribution in [3.05, 3.63) is 65.7 Å². The van der Waals surface area contributed by atoms with Gasteiger partial charge in [0, 0.05) is 19.3 Å². The van der Waals surface area contributed by atoms with Crippen LogP contribution >= 0.6 is 0 Å². The Hall–Kier alpha value is -2.62. The molecule has 4 nitrogen and oxygen atoms in total. The van der Waals surface area contributed by atoms with Crippen LogP contribution in [0.25, 0.3) is 0 Å². The predicted octanol–water partition coefficient (Wildman–Crippen LogP) is 3.63. The first-order valence-electron chi connectivity index (χ1n) is 8.75. The van der Waals surface area contributed by atoms with Crippen LogP contribution in [0.5, 0.6) is 0 Å². The number of amides is 2. The lowest BCUT2D eigenvalue weighted by molar-refractivity contribution is -0.141. The van der Waals surface area contributed by atoms with Crippen molar-refractivity contribution in [1.29, 1.82) is 0 Å². The number of nitrogens with one attached hydrogen (secondary N) is 1. The van der Waals surface area contributed by atoms with Crippen molar-refractivity contribution < 1.29 is 9.59 Å². The van der Waals surface area contributed by atoms with Crippen LogP contribution in [0.1, 0.15) is 30.9 Å². The van der Waals surface area contributed by atoms with Crippen molar-refractivity contribution in [2.45, 2.75) is 32.7 Å². The van der Waals surface area contributed by atoms with E-state index in [1.165, 1.54) is 0 Å². The Kier molecular flexibility index (Phi) is 4.88. The molecule has 3 rings (SSSR count). The number of rotatable bonds is 6. The molecule has 2 aromatic rings. The van der Waals surface area contributed by atoms with E-state index in [9.17, 15) is 9.59 Å². The molecule has 0 spiro atoms. The van der Waals surface area contributed by atoms with Gasteiger partial charge in [0.1, 0.15) is 5.41 Å². The third-order valence-electron chi connectivity index (χ3n) is 4.85. The molecule has 2 aromatic carbocycles. The SMILES string of the molecule is CCc1ccccc1NC(=O)C1(C(=O)N(C)Cc2ccccc2)CC1. The van der Waals surface area contributed by atoms with E-state index in [1.54, 1.807) is 11.9 Å². The molecule has 0 bridgehead atoms. The lowest BCUT2D eigenvalue weighted by Crippen LogP contribution is -2.40. The van der Waals surface area contributed by atoms with Crippen LogP contribution in [0.15, 0.2) is 54.6 Å². The summed E-state index contributed by atoms with van der Waals surface area (Å²) < 4.78 is 0. The maximum atomic E-state index is 12.9. The smallest absolute Gasteiger partial charge is 0.240 e. The predicted molar refractivity (Wildman–Crippen MR) is 99.0 cm³/mol. The van der Waals surface area contributed by atoms with Gasteiger partial charge in [-0.25, -0.2) is 0 Å². The molecule has 1 saturated carbocycles. The molecule has 4 heteroatoms. The maximum absolute atomic E-state index is 12.9. The normalized spacial score (nSPS) is 14.6. The number of carbonyl (C=O) groups is 2. The molecule has 0 aromatic heterocycles. The highest BCUT2D eigenvalue weighted by Crippen LogP contribution is 2.48. The summed E-state index contributed by atoms with van der Waals surface area (Å²) in [6.45, 7) is 2.57. The molecular weight excluding hydrogens is 312 g/mol. The monoisotopic (exact) mass is 336 g/mol. The van der Waals surface area contributed by atoms with E-state index in [-0.39, 0.29) is 11.8 Å². The first-order valence-corrected chi connectivity index (χ1v) is 8.75. The van der Waals surface area contributed by atoms with E-state index in [4.69, 9.17) is 0 Å². The molecule has 0 atom stereocenters. The van der Waals surface area contributed by atoms with Crippen LogP contribution in [-0.4, -0.2) is 23.8 Å². The second-order valence-corrected chi connectivity index (χ2v) is 6.69. The van der Waals surface area contributed by atoms with Gasteiger partial charge in [0.15, 0.2) is 0 Å². The van der Waals surface area contributed by atoms with Gasteiger partial charge in [0.2, 0.25) is 11.8 Å². The topological polar surface area (TPSA) is 49.4 Å². The Morgan fingerprint density at radius 1 is 1.04 bits per heavy atom. The molecular formula is C21H24N2O2. The molecule has 0 aliphatic heterocycles. The summed E-state index contributed by atoms with van der Waals surface area (Å²) in [6, 6.07) is 17.6. The first kappa shape index (κ1) is 17.2. The highest BCUT2D eigenvalue weighted by atomic mass is 16.2. The molecule has 130 valence electrons. The maximum Gasteiger partial charge on any atom is 0.240 e. The van der Waals surface area contributed by atoms with Crippen molar-refractivity contribution in [1.82, 2.24) is 4.90 Å². The summed E-state index contributed by atoms with van der Waals surface area (Å²) in [5.41, 5.74) is 2.05. The molecule has 1 aliphatic carbocycles. The van der Waals surface area contributed by atoms with Gasteiger partial charge < -0.3 is 10.2 Å². The average molecular weight is 336 g/mol. The number of hydrogen-bond donors (Lipinski definition) is 1. The fourth-order valence-electron chi connectivity index (χ4n) is 3.15. The van der Waals surface area contributed by atoms with Crippen molar-refractivity contribution in [3.8, 4) is 0 Å². The summed E-state index contributed by atoms with van der Waals surface area (Å²) in [5, 5.41) is 2.98. The lowest BCUT2D eigenvalue weighted by Gasteiger charge is -2.23. The number of carbonyl (C=O) groups excluding carboxylic acids is 2. The second kappa shape index (κ2) is 7.09. The molecule has 0 unspecified atom stereocenters. The quantitative estimate of drug-likeness (QED) is 0.819. The van der Waals surface area contributed by atoms with Gasteiger partial charge in [0.05, 0.1) is 0 Å². The van der Waals surface area contributed by atoms with Gasteiger partial charge >= 0.3 is 0 Å². The number of benzene rings is 2. The van der Waals surface area contributed by atoms with E-state index >= 15 is 0 Å². The Morgan fingerprint density at radius 2 is 1.68 bits per heavy atom. The van der Waals surface area contributed by atoms with E-state index in [0.29, 0.717) is 19.4 Å². The number of anilines is 1. The minimum atomic E-state index is -0.898. The highest BCUT2D eigenvalue weighted by Gasteiger charge is 2.57. The Labute approximate surface area is 148 Å². The summed E-state index contributed by atoms with van der Waals surface area (Å²) in [4.78, 5) is 27.3. The Bertz CT molecular complexity index is 766. The van der Waals surface area contributed by atoms with Crippen molar-refractivity contribution in [2.75, 3.05) is 12.4 Å². The molecule has 25 heavy (non-hydrogen) atoms. The molecule has 1 aliphatic rings. The van der Waals surface area contributed by atoms with Gasteiger partial charge in [-0.1, -0.05) is 55.5 Å². The molecule has 1 fully saturated rings. The zero-order chi connectivity index (χ0) is 17.9. The minimum Gasteiger partial charge on any atom is -0.340 e. The van der Waals surface area contributed by atoms with Crippen molar-refractivity contribution in [3.63, 3.8) is 0 Å². The van der Waals surface area contributed by atoms with E-state index in [2.05, 4.69) is 12.2 Å². The third-order valence-corrected chi connectivity index (χ3v) is 4.85. The summed E-state index contributed by atoms with van der Waals surface area (Å²) >= 11 is 0. The van der Waals surface area contributed by atoms with Gasteiger partial charge in [0.25, 0.3) is 0 Å². The zero-order valence-corrected chi connectivity index (χ0v) is 14.8. The van der Waals surface area contributed by atoms with E-state index in [1.807, 2.05) is 54.6 Å². The van der Waals surface area contributed by atoms with Crippen LogP contribution in [-0.2, 0) is 22.6 Å². The van der Waals surface area contributed by atoms with Crippen LogP contribution in [0.2, 0.25) is 0 Å². The number of para-hydroxylation sites is 1. The molecule has 0 radical (unpaired) electrons. The lowest BCUT2D eigenvalue weighted by atomic mass is 10.0. The molecule has 1 N–H and O–H groups in total. The zero-order valence-electron chi connectivity index (χ0n) is 14.8. The van der Waals surface area contributed by atoms with Crippen molar-refractivity contribution >= 4 is 17.5 Å². The summed E-state index contributed by atoms with van der Waals surface area (Å²) in [5.74, 6) is -0.277. The Balaban J connectivity index is 1.70. The summed E-state index contributed by atoms with van der Waals surface area (Å²) in [7, 11) is 1.77. The molecule has 2 amide bonds. The van der Waals surface area contributed by atoms with Crippen LogP contribution < -0.4 is 5.32 Å². The van der Waals surface area contributed by atoms with Gasteiger partial charge in [-0.3, -0.25) is 9.59 Å². The third kappa shape index (κ3) is 3.58. The fraction of sp³-hybridized carbons (Fsp3) is 0.333. The Morgan fingerprint density at radius 3 is 2.32 bits per heavy atom. The standard InChI is InChI=1S/C21H24N2O2/c1-3-17-11-7-8-12-18(17)22-19(24)21(13-14-21)20(25)23(2)15-16-9-5-4-6-10-16/h4-12H,3,13-15H2,1-2H3,(H,22,24). The number of nitrogens with zero attached hydrogens (tertiary/aromatic N) is 1. The molecule has 0 saturated heterocycles. The van der Waals surface area contributed by atoms with E-state index < -0.39 is 5.41 Å². The number of hydrogen-bond acceptors (Lipinski definition) is 2. The van der Waals surface area contributed by atoms with Crippen LogP contribution in [0.4, 0.5) is 5.69 Å². The van der Waals surface area contributed by atoms with Gasteiger partial charge in [-0.2, -0.15) is 0 Å². The average Bonchev–Trinajstić information content (AvgIpc) is 3.44.